The third-order valence-corrected chi connectivity index (χ3v) is 5.96. The highest BCUT2D eigenvalue weighted by Gasteiger charge is 2.32. The minimum atomic E-state index is -1.08. The van der Waals surface area contributed by atoms with Gasteiger partial charge in [-0.3, -0.25) is 10.1 Å². The summed E-state index contributed by atoms with van der Waals surface area (Å²) in [5.41, 5.74) is 4.34. The summed E-state index contributed by atoms with van der Waals surface area (Å²) in [6, 6.07) is 18.4. The van der Waals surface area contributed by atoms with Gasteiger partial charge in [0.1, 0.15) is 16.9 Å². The van der Waals surface area contributed by atoms with E-state index in [0.29, 0.717) is 23.2 Å². The van der Waals surface area contributed by atoms with E-state index in [1.807, 2.05) is 48.2 Å². The Morgan fingerprint density at radius 2 is 1.97 bits per heavy atom. The van der Waals surface area contributed by atoms with E-state index in [1.165, 1.54) is 0 Å². The first-order valence-electron chi connectivity index (χ1n) is 10.3. The Balaban J connectivity index is 1.79. The molecule has 6 nitrogen and oxygen atoms in total. The van der Waals surface area contributed by atoms with Gasteiger partial charge in [-0.15, -0.1) is 0 Å². The van der Waals surface area contributed by atoms with Crippen LogP contribution in [-0.2, 0) is 6.54 Å². The molecule has 0 saturated heterocycles. The van der Waals surface area contributed by atoms with Crippen LogP contribution < -0.4 is 10.2 Å². The maximum Gasteiger partial charge on any atom is 0.193 e. The summed E-state index contributed by atoms with van der Waals surface area (Å²) >= 11 is 3.40. The number of benzene rings is 2. The molecule has 4 rings (SSSR count). The van der Waals surface area contributed by atoms with Crippen molar-refractivity contribution in [1.29, 1.82) is 0 Å². The van der Waals surface area contributed by atoms with Crippen molar-refractivity contribution in [2.24, 2.45) is 0 Å². The van der Waals surface area contributed by atoms with Gasteiger partial charge < -0.3 is 15.1 Å². The Bertz CT molecular complexity index is 1190. The highest BCUT2D eigenvalue weighted by molar-refractivity contribution is 9.10. The highest BCUT2D eigenvalue weighted by atomic mass is 79.9. The lowest BCUT2D eigenvalue weighted by molar-refractivity contribution is 0.0972. The highest BCUT2D eigenvalue weighted by Crippen LogP contribution is 2.39. The van der Waals surface area contributed by atoms with Crippen molar-refractivity contribution in [3.8, 4) is 0 Å². The van der Waals surface area contributed by atoms with Crippen molar-refractivity contribution in [2.75, 3.05) is 11.9 Å². The van der Waals surface area contributed by atoms with E-state index >= 15 is 0 Å². The van der Waals surface area contributed by atoms with Gasteiger partial charge in [-0.05, 0) is 48.1 Å². The normalized spacial score (nSPS) is 16.3. The van der Waals surface area contributed by atoms with Crippen LogP contribution in [0, 0.1) is 6.92 Å². The Morgan fingerprint density at radius 3 is 2.72 bits per heavy atom. The van der Waals surface area contributed by atoms with E-state index in [2.05, 4.69) is 26.2 Å². The molecular weight excluding hydrogens is 470 g/mol. The molecule has 7 heteroatoms. The molecule has 2 unspecified atom stereocenters. The van der Waals surface area contributed by atoms with Gasteiger partial charge in [0.2, 0.25) is 0 Å². The number of nitrogens with zero attached hydrogens (tertiary/aromatic N) is 2. The molecule has 0 aliphatic carbocycles. The number of nitrogens with one attached hydrogen (secondary N) is 1. The van der Waals surface area contributed by atoms with Crippen LogP contribution in [0.25, 0.3) is 0 Å². The van der Waals surface area contributed by atoms with Gasteiger partial charge in [0.15, 0.2) is 5.78 Å². The number of hydrogen-bond donors (Lipinski definition) is 3. The van der Waals surface area contributed by atoms with Gasteiger partial charge in [-0.2, -0.15) is 0 Å². The van der Waals surface area contributed by atoms with Crippen LogP contribution in [0.2, 0.25) is 0 Å². The fraction of sp³-hybridized carbons (Fsp3) is 0.200. The number of halogens is 1. The van der Waals surface area contributed by atoms with E-state index in [4.69, 9.17) is 0 Å². The Morgan fingerprint density at radius 1 is 1.19 bits per heavy atom. The van der Waals surface area contributed by atoms with E-state index in [-0.39, 0.29) is 11.4 Å². The molecule has 2 aromatic carbocycles. The minimum Gasteiger partial charge on any atom is -0.383 e. The molecule has 0 radical (unpaired) electrons. The number of aryl methyl sites for hydroxylation is 1. The molecular formula is C25H24BrN3O3. The summed E-state index contributed by atoms with van der Waals surface area (Å²) in [6.07, 6.45) is -0.382. The Hall–Kier alpha value is -2.84. The van der Waals surface area contributed by atoms with E-state index < -0.39 is 12.3 Å². The first kappa shape index (κ1) is 22.4. The molecule has 2 heterocycles. The second-order valence-electron chi connectivity index (χ2n) is 7.74. The summed E-state index contributed by atoms with van der Waals surface area (Å²) in [4.78, 5) is 20.0. The number of anilines is 1. The summed E-state index contributed by atoms with van der Waals surface area (Å²) < 4.78 is 0.728. The van der Waals surface area contributed by atoms with Gasteiger partial charge in [0, 0.05) is 34.2 Å². The topological polar surface area (TPSA) is 85.7 Å². The number of aromatic nitrogens is 1. The number of hydrogen-bond acceptors (Lipinski definition) is 6. The summed E-state index contributed by atoms with van der Waals surface area (Å²) in [7, 11) is 1.62. The summed E-state index contributed by atoms with van der Waals surface area (Å²) in [6.45, 7) is 2.38. The van der Waals surface area contributed by atoms with Gasteiger partial charge in [0.05, 0.1) is 12.2 Å². The minimum absolute atomic E-state index is 0.244. The lowest BCUT2D eigenvalue weighted by Crippen LogP contribution is -2.28. The Labute approximate surface area is 195 Å². The number of ketones is 1. The number of carbonyl (C=O) groups is 1. The third-order valence-electron chi connectivity index (χ3n) is 5.52. The van der Waals surface area contributed by atoms with Crippen molar-refractivity contribution in [3.05, 3.63) is 105 Å². The molecule has 0 bridgehead atoms. The standard InChI is InChI=1S/C25H24BrN3O3/c1-15-10-11-21-19(12-15)24(31)20(14-29(21)13-16-6-5-9-22(26)28-16)23(30)17-7-3-4-8-18(17)25(32)27-2/h3-12,14,24-25,27,31-32H,13H2,1-2H3. The number of pyridine rings is 1. The lowest BCUT2D eigenvalue weighted by atomic mass is 9.88. The number of carbonyl (C=O) groups excluding carboxylic acids is 1. The zero-order valence-electron chi connectivity index (χ0n) is 17.8. The monoisotopic (exact) mass is 493 g/mol. The third kappa shape index (κ3) is 4.38. The van der Waals surface area contributed by atoms with E-state index in [9.17, 15) is 15.0 Å². The molecule has 32 heavy (non-hydrogen) atoms. The van der Waals surface area contributed by atoms with Crippen molar-refractivity contribution in [2.45, 2.75) is 25.8 Å². The molecule has 3 N–H and O–H groups in total. The molecule has 3 aromatic rings. The lowest BCUT2D eigenvalue weighted by Gasteiger charge is -2.32. The van der Waals surface area contributed by atoms with Gasteiger partial charge in [-0.25, -0.2) is 4.98 Å². The maximum atomic E-state index is 13.6. The first-order valence-corrected chi connectivity index (χ1v) is 11.1. The van der Waals surface area contributed by atoms with Crippen LogP contribution in [0.1, 0.15) is 45.1 Å². The van der Waals surface area contributed by atoms with E-state index in [0.717, 1.165) is 21.5 Å². The SMILES string of the molecule is CNC(O)c1ccccc1C(=O)C1=CN(Cc2cccc(Br)n2)c2ccc(C)cc2C1O. The van der Waals surface area contributed by atoms with Crippen molar-refractivity contribution in [3.63, 3.8) is 0 Å². The van der Waals surface area contributed by atoms with E-state index in [1.54, 1.807) is 37.5 Å². The number of rotatable bonds is 6. The van der Waals surface area contributed by atoms with Crippen LogP contribution in [0.5, 0.6) is 0 Å². The van der Waals surface area contributed by atoms with Gasteiger partial charge >= 0.3 is 0 Å². The first-order chi connectivity index (χ1) is 15.4. The van der Waals surface area contributed by atoms with Crippen molar-refractivity contribution in [1.82, 2.24) is 10.3 Å². The number of aliphatic hydroxyl groups excluding tert-OH is 2. The van der Waals surface area contributed by atoms with Crippen LogP contribution in [0.15, 0.2) is 77.0 Å². The summed E-state index contributed by atoms with van der Waals surface area (Å²) in [5.74, 6) is -0.332. The Kier molecular flexibility index (Phi) is 6.53. The molecule has 0 fully saturated rings. The van der Waals surface area contributed by atoms with Gasteiger partial charge in [0.25, 0.3) is 0 Å². The smallest absolute Gasteiger partial charge is 0.193 e. The number of aliphatic hydroxyl groups is 2. The molecule has 164 valence electrons. The van der Waals surface area contributed by atoms with Crippen LogP contribution >= 0.6 is 15.9 Å². The molecule has 2 atom stereocenters. The predicted octanol–water partition coefficient (Wildman–Crippen LogP) is 4.18. The van der Waals surface area contributed by atoms with Crippen LogP contribution in [-0.4, -0.2) is 28.0 Å². The van der Waals surface area contributed by atoms with Crippen molar-refractivity contribution < 1.29 is 15.0 Å². The summed E-state index contributed by atoms with van der Waals surface area (Å²) in [5, 5.41) is 24.3. The van der Waals surface area contributed by atoms with Crippen molar-refractivity contribution >= 4 is 27.4 Å². The zero-order valence-corrected chi connectivity index (χ0v) is 19.4. The molecule has 0 saturated carbocycles. The number of fused-ring (bicyclic) bond motifs is 1. The second kappa shape index (κ2) is 9.34. The predicted molar refractivity (Wildman–Crippen MR) is 127 cm³/mol. The van der Waals surface area contributed by atoms with Crippen LogP contribution in [0.4, 0.5) is 5.69 Å². The molecule has 0 amide bonds. The average molecular weight is 494 g/mol. The zero-order chi connectivity index (χ0) is 22.8. The largest absolute Gasteiger partial charge is 0.383 e. The van der Waals surface area contributed by atoms with Gasteiger partial charge in [-0.1, -0.05) is 48.0 Å². The molecule has 1 aliphatic heterocycles. The molecule has 1 aliphatic rings. The molecule has 1 aromatic heterocycles. The average Bonchev–Trinajstić information content (AvgIpc) is 2.80. The fourth-order valence-electron chi connectivity index (χ4n) is 3.91. The quantitative estimate of drug-likeness (QED) is 0.271. The maximum absolute atomic E-state index is 13.6. The van der Waals surface area contributed by atoms with Crippen LogP contribution in [0.3, 0.4) is 0 Å². The fourth-order valence-corrected chi connectivity index (χ4v) is 4.29. The molecule has 0 spiro atoms. The second-order valence-corrected chi connectivity index (χ2v) is 8.55. The number of Topliss-reactive ketones (excluding diaryl/α,β-unsaturated/α-hetero) is 1.